The van der Waals surface area contributed by atoms with E-state index in [-0.39, 0.29) is 23.2 Å². The molecule has 0 radical (unpaired) electrons. The Hall–Kier alpha value is -3.93. The molecule has 0 saturated heterocycles. The van der Waals surface area contributed by atoms with Crippen LogP contribution in [0.2, 0.25) is 0 Å². The number of carbonyl (C=O) groups excluding carboxylic acids is 2. The predicted molar refractivity (Wildman–Crippen MR) is 159 cm³/mol. The minimum absolute atomic E-state index is 0.0648. The second-order valence-electron chi connectivity index (χ2n) is 11.0. The molecule has 3 aromatic carbocycles. The number of anilines is 1. The minimum Gasteiger partial charge on any atom is -0.352 e. The Kier molecular flexibility index (Phi) is 10.3. The Morgan fingerprint density at radius 3 is 2.20 bits per heavy atom. The van der Waals surface area contributed by atoms with E-state index < -0.39 is 52.0 Å². The fourth-order valence-electron chi connectivity index (χ4n) is 5.14. The highest BCUT2D eigenvalue weighted by Gasteiger charge is 2.35. The monoisotopic (exact) mass is 633 g/mol. The number of carbonyl (C=O) groups is 2. The number of hydrogen-bond acceptors (Lipinski definition) is 4. The normalized spacial score (nSPS) is 15.0. The Balaban J connectivity index is 1.72. The Bertz CT molecular complexity index is 1560. The van der Waals surface area contributed by atoms with Gasteiger partial charge < -0.3 is 10.2 Å². The zero-order valence-electron chi connectivity index (χ0n) is 24.5. The number of sulfonamides is 1. The molecule has 12 heteroatoms. The van der Waals surface area contributed by atoms with Crippen molar-refractivity contribution in [3.63, 3.8) is 0 Å². The fourth-order valence-corrected chi connectivity index (χ4v) is 6.55. The quantitative estimate of drug-likeness (QED) is 0.269. The van der Waals surface area contributed by atoms with Crippen LogP contribution in [0.15, 0.2) is 77.7 Å². The summed E-state index contributed by atoms with van der Waals surface area (Å²) in [6.45, 7) is 2.19. The van der Waals surface area contributed by atoms with Crippen molar-refractivity contribution in [2.24, 2.45) is 0 Å². The molecule has 0 heterocycles. The Morgan fingerprint density at radius 2 is 1.59 bits per heavy atom. The first kappa shape index (κ1) is 33.0. The van der Waals surface area contributed by atoms with Gasteiger partial charge in [-0.3, -0.25) is 13.9 Å². The zero-order valence-corrected chi connectivity index (χ0v) is 25.3. The molecule has 0 aromatic heterocycles. The second kappa shape index (κ2) is 13.8. The standard InChI is InChI=1S/C32H35F4N3O4S/c1-22-11-17-29(18-12-22)44(42,43)39(28-10-6-7-25(19-28)32(34,35)36)21-30(40)38(20-24-13-15-26(33)16-14-24)23(2)31(41)37-27-8-4-3-5-9-27/h6-7,10-19,23,27H,3-5,8-9,20-21H2,1-2H3,(H,37,41). The van der Waals surface area contributed by atoms with E-state index in [0.717, 1.165) is 54.7 Å². The van der Waals surface area contributed by atoms with E-state index in [1.165, 1.54) is 61.5 Å². The van der Waals surface area contributed by atoms with Crippen molar-refractivity contribution >= 4 is 27.5 Å². The molecule has 1 unspecified atom stereocenters. The summed E-state index contributed by atoms with van der Waals surface area (Å²) in [5.74, 6) is -1.78. The maximum absolute atomic E-state index is 14.0. The Labute approximate surface area is 254 Å². The first-order valence-electron chi connectivity index (χ1n) is 14.4. The fraction of sp³-hybridized carbons (Fsp3) is 0.375. The molecule has 4 rings (SSSR count). The molecular formula is C32H35F4N3O4S. The summed E-state index contributed by atoms with van der Waals surface area (Å²) in [6, 6.07) is 13.6. The van der Waals surface area contributed by atoms with Gasteiger partial charge in [0.05, 0.1) is 16.1 Å². The van der Waals surface area contributed by atoms with Gasteiger partial charge in [-0.15, -0.1) is 0 Å². The van der Waals surface area contributed by atoms with Gasteiger partial charge in [-0.25, -0.2) is 12.8 Å². The van der Waals surface area contributed by atoms with Crippen LogP contribution < -0.4 is 9.62 Å². The van der Waals surface area contributed by atoms with Gasteiger partial charge in [0.1, 0.15) is 18.4 Å². The lowest BCUT2D eigenvalue weighted by atomic mass is 9.95. The number of hydrogen-bond donors (Lipinski definition) is 1. The molecule has 1 saturated carbocycles. The van der Waals surface area contributed by atoms with Crippen molar-refractivity contribution in [3.05, 3.63) is 95.3 Å². The van der Waals surface area contributed by atoms with E-state index in [2.05, 4.69) is 5.32 Å². The molecule has 236 valence electrons. The summed E-state index contributed by atoms with van der Waals surface area (Å²) in [4.78, 5) is 28.3. The largest absolute Gasteiger partial charge is 0.416 e. The van der Waals surface area contributed by atoms with Crippen LogP contribution in [0.1, 0.15) is 55.7 Å². The van der Waals surface area contributed by atoms with E-state index in [1.54, 1.807) is 6.92 Å². The second-order valence-corrected chi connectivity index (χ2v) is 12.9. The van der Waals surface area contributed by atoms with Gasteiger partial charge in [0.25, 0.3) is 10.0 Å². The van der Waals surface area contributed by atoms with E-state index in [1.807, 2.05) is 0 Å². The summed E-state index contributed by atoms with van der Waals surface area (Å²) in [6.07, 6.45) is -0.191. The molecule has 3 aromatic rings. The number of halogens is 4. The maximum atomic E-state index is 14.0. The minimum atomic E-state index is -4.76. The van der Waals surface area contributed by atoms with Crippen LogP contribution in [0, 0.1) is 12.7 Å². The topological polar surface area (TPSA) is 86.8 Å². The van der Waals surface area contributed by atoms with Gasteiger partial charge in [-0.1, -0.05) is 55.2 Å². The third-order valence-electron chi connectivity index (χ3n) is 7.73. The molecule has 0 spiro atoms. The lowest BCUT2D eigenvalue weighted by Crippen LogP contribution is -2.53. The third kappa shape index (κ3) is 8.16. The first-order chi connectivity index (χ1) is 20.8. The number of nitrogens with zero attached hydrogens (tertiary/aromatic N) is 2. The average Bonchev–Trinajstić information content (AvgIpc) is 2.99. The lowest BCUT2D eigenvalue weighted by Gasteiger charge is -2.33. The van der Waals surface area contributed by atoms with Crippen molar-refractivity contribution in [1.29, 1.82) is 0 Å². The van der Waals surface area contributed by atoms with Gasteiger partial charge in [-0.05, 0) is 74.7 Å². The SMILES string of the molecule is Cc1ccc(S(=O)(=O)N(CC(=O)N(Cc2ccc(F)cc2)C(C)C(=O)NC2CCCCC2)c2cccc(C(F)(F)F)c2)cc1. The Morgan fingerprint density at radius 1 is 0.955 bits per heavy atom. The highest BCUT2D eigenvalue weighted by molar-refractivity contribution is 7.92. The number of alkyl halides is 3. The summed E-state index contributed by atoms with van der Waals surface area (Å²) in [5, 5.41) is 2.97. The van der Waals surface area contributed by atoms with E-state index in [0.29, 0.717) is 15.9 Å². The zero-order chi connectivity index (χ0) is 32.1. The number of rotatable bonds is 10. The number of amides is 2. The molecule has 0 bridgehead atoms. The molecular weight excluding hydrogens is 598 g/mol. The molecule has 44 heavy (non-hydrogen) atoms. The number of nitrogens with one attached hydrogen (secondary N) is 1. The van der Waals surface area contributed by atoms with Crippen LogP contribution in [0.3, 0.4) is 0 Å². The first-order valence-corrected chi connectivity index (χ1v) is 15.8. The third-order valence-corrected chi connectivity index (χ3v) is 9.52. The van der Waals surface area contributed by atoms with E-state index in [9.17, 15) is 35.6 Å². The van der Waals surface area contributed by atoms with Crippen LogP contribution in [-0.2, 0) is 32.3 Å². The van der Waals surface area contributed by atoms with E-state index in [4.69, 9.17) is 0 Å². The maximum Gasteiger partial charge on any atom is 0.416 e. The molecule has 2 amide bonds. The van der Waals surface area contributed by atoms with Gasteiger partial charge in [0, 0.05) is 12.6 Å². The number of aryl methyl sites for hydroxylation is 1. The molecule has 1 fully saturated rings. The highest BCUT2D eigenvalue weighted by atomic mass is 32.2. The number of benzene rings is 3. The average molecular weight is 634 g/mol. The van der Waals surface area contributed by atoms with Gasteiger partial charge in [0.2, 0.25) is 11.8 Å². The van der Waals surface area contributed by atoms with Crippen molar-refractivity contribution in [3.8, 4) is 0 Å². The van der Waals surface area contributed by atoms with E-state index >= 15 is 0 Å². The van der Waals surface area contributed by atoms with Crippen molar-refractivity contribution < 1.29 is 35.6 Å². The molecule has 7 nitrogen and oxygen atoms in total. The molecule has 1 N–H and O–H groups in total. The van der Waals surface area contributed by atoms with Crippen LogP contribution in [0.5, 0.6) is 0 Å². The van der Waals surface area contributed by atoms with Gasteiger partial charge >= 0.3 is 6.18 Å². The molecule has 1 aliphatic rings. The van der Waals surface area contributed by atoms with Crippen LogP contribution in [-0.4, -0.2) is 43.8 Å². The van der Waals surface area contributed by atoms with Gasteiger partial charge in [0.15, 0.2) is 0 Å². The van der Waals surface area contributed by atoms with Crippen molar-refractivity contribution in [2.75, 3.05) is 10.8 Å². The van der Waals surface area contributed by atoms with Crippen LogP contribution in [0.25, 0.3) is 0 Å². The lowest BCUT2D eigenvalue weighted by molar-refractivity contribution is -0.139. The van der Waals surface area contributed by atoms with Gasteiger partial charge in [-0.2, -0.15) is 13.2 Å². The summed E-state index contributed by atoms with van der Waals surface area (Å²) >= 11 is 0. The summed E-state index contributed by atoms with van der Waals surface area (Å²) < 4.78 is 82.9. The summed E-state index contributed by atoms with van der Waals surface area (Å²) in [7, 11) is -4.54. The summed E-state index contributed by atoms with van der Waals surface area (Å²) in [5.41, 5.74) is -0.220. The molecule has 0 aliphatic heterocycles. The highest BCUT2D eigenvalue weighted by Crippen LogP contribution is 2.33. The van der Waals surface area contributed by atoms with Crippen molar-refractivity contribution in [1.82, 2.24) is 10.2 Å². The van der Waals surface area contributed by atoms with Crippen LogP contribution in [0.4, 0.5) is 23.2 Å². The smallest absolute Gasteiger partial charge is 0.352 e. The predicted octanol–water partition coefficient (Wildman–Crippen LogP) is 6.21. The molecule has 1 aliphatic carbocycles. The molecule has 1 atom stereocenters. The van der Waals surface area contributed by atoms with Crippen molar-refractivity contribution in [2.45, 2.75) is 75.7 Å². The van der Waals surface area contributed by atoms with Crippen LogP contribution >= 0.6 is 0 Å².